The van der Waals surface area contributed by atoms with Crippen molar-refractivity contribution in [2.45, 2.75) is 37.0 Å². The van der Waals surface area contributed by atoms with Gasteiger partial charge in [-0.3, -0.25) is 4.79 Å². The van der Waals surface area contributed by atoms with E-state index in [1.165, 1.54) is 30.2 Å². The van der Waals surface area contributed by atoms with Crippen molar-refractivity contribution in [3.05, 3.63) is 47.4 Å². The van der Waals surface area contributed by atoms with E-state index in [2.05, 4.69) is 32.1 Å². The summed E-state index contributed by atoms with van der Waals surface area (Å²) in [5.74, 6) is 0.289. The Labute approximate surface area is 214 Å². The Morgan fingerprint density at radius 2 is 2.22 bits per heavy atom. The number of rotatable bonds is 10. The van der Waals surface area contributed by atoms with Crippen LogP contribution in [0.2, 0.25) is 0 Å². The predicted octanol–water partition coefficient (Wildman–Crippen LogP) is 3.14. The van der Waals surface area contributed by atoms with Crippen molar-refractivity contribution in [3.63, 3.8) is 0 Å². The van der Waals surface area contributed by atoms with Gasteiger partial charge in [-0.25, -0.2) is 14.4 Å². The normalized spacial score (nSPS) is 20.2. The van der Waals surface area contributed by atoms with E-state index in [0.717, 1.165) is 25.1 Å². The van der Waals surface area contributed by atoms with Crippen LogP contribution in [0.5, 0.6) is 5.75 Å². The molecular formula is C25H32FN5O4S. The predicted molar refractivity (Wildman–Crippen MR) is 136 cm³/mol. The number of benzene rings is 1. The molecule has 2 atom stereocenters. The largest absolute Gasteiger partial charge is 0.486 e. The van der Waals surface area contributed by atoms with Crippen LogP contribution in [-0.4, -0.2) is 79.5 Å². The van der Waals surface area contributed by atoms with Crippen LogP contribution in [0.4, 0.5) is 15.9 Å². The SMILES string of the molecule is C=C(Sc1ncnc(Nc2ccc(F)cc2O[C@H]2CCOC2)c1CC)C(=O)NCC1CN(C)CCO1. The molecule has 0 bridgehead atoms. The van der Waals surface area contributed by atoms with Crippen LogP contribution < -0.4 is 15.4 Å². The number of nitrogens with zero attached hydrogens (tertiary/aromatic N) is 3. The lowest BCUT2D eigenvalue weighted by molar-refractivity contribution is -0.117. The summed E-state index contributed by atoms with van der Waals surface area (Å²) in [5.41, 5.74) is 1.40. The number of amides is 1. The van der Waals surface area contributed by atoms with Gasteiger partial charge in [0.05, 0.1) is 36.5 Å². The fraction of sp³-hybridized carbons (Fsp3) is 0.480. The smallest absolute Gasteiger partial charge is 0.257 e. The number of likely N-dealkylation sites (N-methyl/N-ethyl adjacent to an activating group) is 1. The fourth-order valence-electron chi connectivity index (χ4n) is 3.98. The Kier molecular flexibility index (Phi) is 9.13. The van der Waals surface area contributed by atoms with Gasteiger partial charge in [0.2, 0.25) is 0 Å². The topological polar surface area (TPSA) is 97.8 Å². The van der Waals surface area contributed by atoms with Gasteiger partial charge in [0.15, 0.2) is 0 Å². The lowest BCUT2D eigenvalue weighted by atomic mass is 10.2. The maximum absolute atomic E-state index is 14.0. The van der Waals surface area contributed by atoms with E-state index in [1.807, 2.05) is 14.0 Å². The third-order valence-electron chi connectivity index (χ3n) is 5.94. The monoisotopic (exact) mass is 517 g/mol. The second kappa shape index (κ2) is 12.5. The van der Waals surface area contributed by atoms with Crippen molar-refractivity contribution in [2.24, 2.45) is 0 Å². The molecule has 1 unspecified atom stereocenters. The number of halogens is 1. The molecule has 0 radical (unpaired) electrons. The lowest BCUT2D eigenvalue weighted by Crippen LogP contribution is -2.46. The first-order chi connectivity index (χ1) is 17.4. The van der Waals surface area contributed by atoms with Crippen LogP contribution in [0.1, 0.15) is 18.9 Å². The summed E-state index contributed by atoms with van der Waals surface area (Å²) in [7, 11) is 2.03. The number of hydrogen-bond donors (Lipinski definition) is 2. The molecule has 2 N–H and O–H groups in total. The van der Waals surface area contributed by atoms with Crippen LogP contribution in [0.3, 0.4) is 0 Å². The van der Waals surface area contributed by atoms with Crippen LogP contribution in [0.25, 0.3) is 0 Å². The second-order valence-electron chi connectivity index (χ2n) is 8.72. The third kappa shape index (κ3) is 6.94. The van der Waals surface area contributed by atoms with E-state index in [9.17, 15) is 9.18 Å². The molecule has 2 aliphatic heterocycles. The first-order valence-electron chi connectivity index (χ1n) is 12.0. The Bertz CT molecular complexity index is 1080. The number of morpholine rings is 1. The molecule has 9 nitrogen and oxygen atoms in total. The molecule has 2 saturated heterocycles. The maximum Gasteiger partial charge on any atom is 0.257 e. The number of carbonyl (C=O) groups is 1. The molecule has 2 aromatic rings. The van der Waals surface area contributed by atoms with Gasteiger partial charge in [-0.1, -0.05) is 25.3 Å². The zero-order valence-corrected chi connectivity index (χ0v) is 21.4. The minimum Gasteiger partial charge on any atom is -0.486 e. The van der Waals surface area contributed by atoms with Gasteiger partial charge in [0.1, 0.15) is 34.8 Å². The molecule has 2 aliphatic rings. The molecule has 0 saturated carbocycles. The Morgan fingerprint density at radius 1 is 1.36 bits per heavy atom. The van der Waals surface area contributed by atoms with Crippen LogP contribution in [0.15, 0.2) is 41.0 Å². The molecule has 4 rings (SSSR count). The molecule has 1 amide bonds. The van der Waals surface area contributed by atoms with Gasteiger partial charge >= 0.3 is 0 Å². The number of thioether (sulfide) groups is 1. The van der Waals surface area contributed by atoms with Gasteiger partial charge in [-0.05, 0) is 25.6 Å². The number of carbonyl (C=O) groups excluding carboxylic acids is 1. The third-order valence-corrected chi connectivity index (χ3v) is 6.92. The Hall–Kier alpha value is -2.73. The molecule has 3 heterocycles. The van der Waals surface area contributed by atoms with Crippen molar-refractivity contribution in [1.82, 2.24) is 20.2 Å². The number of ether oxygens (including phenoxy) is 3. The summed E-state index contributed by atoms with van der Waals surface area (Å²) < 4.78 is 31.0. The highest BCUT2D eigenvalue weighted by atomic mass is 32.2. The zero-order valence-electron chi connectivity index (χ0n) is 20.6. The van der Waals surface area contributed by atoms with Gasteiger partial charge < -0.3 is 29.7 Å². The van der Waals surface area contributed by atoms with Gasteiger partial charge in [-0.2, -0.15) is 0 Å². The molecule has 0 aliphatic carbocycles. The highest BCUT2D eigenvalue weighted by Gasteiger charge is 2.22. The minimum atomic E-state index is -0.392. The first kappa shape index (κ1) is 26.3. The van der Waals surface area contributed by atoms with Crippen molar-refractivity contribution in [3.8, 4) is 5.75 Å². The summed E-state index contributed by atoms with van der Waals surface area (Å²) >= 11 is 1.19. The molecule has 1 aromatic carbocycles. The summed E-state index contributed by atoms with van der Waals surface area (Å²) in [4.78, 5) is 23.9. The van der Waals surface area contributed by atoms with Crippen molar-refractivity contribution < 1.29 is 23.4 Å². The zero-order chi connectivity index (χ0) is 25.5. The highest BCUT2D eigenvalue weighted by Crippen LogP contribution is 2.34. The van der Waals surface area contributed by atoms with Crippen molar-refractivity contribution in [1.29, 1.82) is 0 Å². The van der Waals surface area contributed by atoms with Crippen molar-refractivity contribution in [2.75, 3.05) is 51.8 Å². The molecule has 194 valence electrons. The van der Waals surface area contributed by atoms with E-state index in [1.54, 1.807) is 6.07 Å². The number of hydrogen-bond acceptors (Lipinski definition) is 9. The van der Waals surface area contributed by atoms with Gasteiger partial charge in [0, 0.05) is 37.7 Å². The summed E-state index contributed by atoms with van der Waals surface area (Å²) in [6.07, 6.45) is 2.61. The fourth-order valence-corrected chi connectivity index (χ4v) is 4.84. The Morgan fingerprint density at radius 3 is 2.97 bits per heavy atom. The molecule has 2 fully saturated rings. The average Bonchev–Trinajstić information content (AvgIpc) is 3.37. The number of aromatic nitrogens is 2. The second-order valence-corrected chi connectivity index (χ2v) is 9.80. The van der Waals surface area contributed by atoms with Crippen molar-refractivity contribution >= 4 is 29.2 Å². The van der Waals surface area contributed by atoms with Crippen LogP contribution >= 0.6 is 11.8 Å². The highest BCUT2D eigenvalue weighted by molar-refractivity contribution is 8.04. The van der Waals surface area contributed by atoms with E-state index >= 15 is 0 Å². The van der Waals surface area contributed by atoms with Gasteiger partial charge in [-0.15, -0.1) is 0 Å². The number of nitrogens with one attached hydrogen (secondary N) is 2. The van der Waals surface area contributed by atoms with Gasteiger partial charge in [0.25, 0.3) is 5.91 Å². The quantitative estimate of drug-likeness (QED) is 0.280. The minimum absolute atomic E-state index is 0.0468. The molecule has 11 heteroatoms. The van der Waals surface area contributed by atoms with E-state index in [0.29, 0.717) is 60.0 Å². The van der Waals surface area contributed by atoms with Crippen LogP contribution in [0, 0.1) is 5.82 Å². The summed E-state index contributed by atoms with van der Waals surface area (Å²) in [5, 5.41) is 6.78. The standard InChI is InChI=1S/C25H32FN5O4S/c1-4-20-23(30-21-6-5-17(26)11-22(21)35-18-7-9-33-14-18)28-15-29-25(20)36-16(2)24(32)27-12-19-13-31(3)8-10-34-19/h5-6,11,15,18-19H,2,4,7-10,12-14H2,1,3H3,(H,27,32)(H,28,29,30)/t18-,19?/m0/s1. The Balaban J connectivity index is 1.43. The average molecular weight is 518 g/mol. The van der Waals surface area contributed by atoms with E-state index in [4.69, 9.17) is 14.2 Å². The molecule has 36 heavy (non-hydrogen) atoms. The number of anilines is 2. The van der Waals surface area contributed by atoms with E-state index < -0.39 is 5.82 Å². The molecular weight excluding hydrogens is 485 g/mol. The first-order valence-corrected chi connectivity index (χ1v) is 12.8. The maximum atomic E-state index is 14.0. The van der Waals surface area contributed by atoms with Crippen LogP contribution in [-0.2, 0) is 20.7 Å². The molecule has 1 aromatic heterocycles. The molecule has 0 spiro atoms. The summed E-state index contributed by atoms with van der Waals surface area (Å²) in [6.45, 7) is 9.74. The van der Waals surface area contributed by atoms with E-state index in [-0.39, 0.29) is 18.1 Å². The lowest BCUT2D eigenvalue weighted by Gasteiger charge is -2.30. The summed E-state index contributed by atoms with van der Waals surface area (Å²) in [6, 6.07) is 4.33.